The number of benzene rings is 1. The Hall–Kier alpha value is -1.87. The van der Waals surface area contributed by atoms with Crippen molar-refractivity contribution in [1.29, 1.82) is 5.26 Å². The number of carbonyl (C=O) groups is 1. The molecule has 0 aliphatic carbocycles. The van der Waals surface area contributed by atoms with Crippen LogP contribution in [0.1, 0.15) is 28.4 Å². The predicted octanol–water partition coefficient (Wildman–Crippen LogP) is 3.08. The molecule has 0 atom stereocenters. The highest BCUT2D eigenvalue weighted by Gasteiger charge is 2.20. The lowest BCUT2D eigenvalue weighted by Crippen LogP contribution is -2.11. The molecule has 0 aliphatic rings. The van der Waals surface area contributed by atoms with Gasteiger partial charge in [-0.05, 0) is 24.6 Å². The van der Waals surface area contributed by atoms with E-state index in [1.807, 2.05) is 0 Å². The van der Waals surface area contributed by atoms with Crippen LogP contribution in [0.3, 0.4) is 0 Å². The number of ether oxygens (including phenoxy) is 2. The van der Waals surface area contributed by atoms with Crippen molar-refractivity contribution in [1.82, 2.24) is 0 Å². The van der Waals surface area contributed by atoms with Crippen molar-refractivity contribution in [2.45, 2.75) is 19.4 Å². The average molecular weight is 290 g/mol. The molecule has 0 aromatic heterocycles. The molecule has 0 unspecified atom stereocenters. The first-order valence-electron chi connectivity index (χ1n) is 5.28. The van der Waals surface area contributed by atoms with E-state index in [1.165, 1.54) is 12.1 Å². The molecule has 0 aliphatic heterocycles. The molecule has 19 heavy (non-hydrogen) atoms. The lowest BCUT2D eigenvalue weighted by molar-refractivity contribution is -0.0501. The smallest absolute Gasteiger partial charge is 0.387 e. The van der Waals surface area contributed by atoms with Gasteiger partial charge in [-0.1, -0.05) is 0 Å². The number of hydrogen-bond acceptors (Lipinski definition) is 4. The molecule has 0 N–H and O–H groups in total. The Kier molecular flexibility index (Phi) is 5.52. The van der Waals surface area contributed by atoms with Crippen LogP contribution in [0.2, 0.25) is 0 Å². The Morgan fingerprint density at radius 2 is 2.21 bits per heavy atom. The molecule has 0 saturated heterocycles. The molecule has 0 radical (unpaired) electrons. The van der Waals surface area contributed by atoms with Gasteiger partial charge < -0.3 is 9.47 Å². The summed E-state index contributed by atoms with van der Waals surface area (Å²) in [6.07, 6.45) is 0. The third kappa shape index (κ3) is 3.80. The van der Waals surface area contributed by atoms with E-state index in [-0.39, 0.29) is 23.6 Å². The van der Waals surface area contributed by atoms with Crippen LogP contribution in [-0.2, 0) is 10.6 Å². The van der Waals surface area contributed by atoms with E-state index < -0.39 is 18.3 Å². The lowest BCUT2D eigenvalue weighted by Gasteiger charge is -2.11. The third-order valence-corrected chi connectivity index (χ3v) is 2.45. The zero-order chi connectivity index (χ0) is 14.4. The standard InChI is InChI=1S/C12H10ClF2NO3/c1-2-18-11(17)8-3-7(5-13)4-10(9(8)6-16)19-12(14)15/h3-4,12H,2,5H2,1H3. The highest BCUT2D eigenvalue weighted by atomic mass is 35.5. The fourth-order valence-corrected chi connectivity index (χ4v) is 1.58. The Labute approximate surface area is 113 Å². The van der Waals surface area contributed by atoms with Gasteiger partial charge in [-0.2, -0.15) is 14.0 Å². The number of halogens is 3. The van der Waals surface area contributed by atoms with Crippen LogP contribution in [0.15, 0.2) is 12.1 Å². The van der Waals surface area contributed by atoms with Crippen molar-refractivity contribution in [3.05, 3.63) is 28.8 Å². The van der Waals surface area contributed by atoms with Crippen molar-refractivity contribution in [3.63, 3.8) is 0 Å². The second-order valence-corrected chi connectivity index (χ2v) is 3.63. The fraction of sp³-hybridized carbons (Fsp3) is 0.333. The van der Waals surface area contributed by atoms with Crippen LogP contribution in [0.4, 0.5) is 8.78 Å². The molecule has 0 amide bonds. The molecule has 1 aromatic rings. The molecule has 0 heterocycles. The van der Waals surface area contributed by atoms with Crippen LogP contribution in [0.5, 0.6) is 5.75 Å². The lowest BCUT2D eigenvalue weighted by atomic mass is 10.0. The maximum Gasteiger partial charge on any atom is 0.387 e. The SMILES string of the molecule is CCOC(=O)c1cc(CCl)cc(OC(F)F)c1C#N. The molecule has 7 heteroatoms. The number of carbonyl (C=O) groups excluding carboxylic acids is 1. The zero-order valence-corrected chi connectivity index (χ0v) is 10.7. The summed E-state index contributed by atoms with van der Waals surface area (Å²) in [6.45, 7) is -1.42. The molecular formula is C12H10ClF2NO3. The number of alkyl halides is 3. The number of nitrogens with zero attached hydrogens (tertiary/aromatic N) is 1. The van der Waals surface area contributed by atoms with Gasteiger partial charge in [0.1, 0.15) is 17.4 Å². The number of hydrogen-bond donors (Lipinski definition) is 0. The zero-order valence-electron chi connectivity index (χ0n) is 9.95. The molecule has 1 rings (SSSR count). The van der Waals surface area contributed by atoms with Gasteiger partial charge in [-0.15, -0.1) is 11.6 Å². The van der Waals surface area contributed by atoms with E-state index >= 15 is 0 Å². The van der Waals surface area contributed by atoms with Crippen molar-refractivity contribution in [2.75, 3.05) is 6.61 Å². The van der Waals surface area contributed by atoms with E-state index in [1.54, 1.807) is 13.0 Å². The minimum Gasteiger partial charge on any atom is -0.462 e. The number of esters is 1. The monoisotopic (exact) mass is 289 g/mol. The molecule has 0 saturated carbocycles. The van der Waals surface area contributed by atoms with Gasteiger partial charge in [-0.3, -0.25) is 0 Å². The van der Waals surface area contributed by atoms with Crippen molar-refractivity contribution >= 4 is 17.6 Å². The number of nitriles is 1. The van der Waals surface area contributed by atoms with Gasteiger partial charge in [-0.25, -0.2) is 4.79 Å². The average Bonchev–Trinajstić information content (AvgIpc) is 2.37. The summed E-state index contributed by atoms with van der Waals surface area (Å²) in [6, 6.07) is 4.17. The first-order chi connectivity index (χ1) is 9.03. The number of rotatable bonds is 5. The Balaban J connectivity index is 3.35. The normalized spacial score (nSPS) is 10.1. The van der Waals surface area contributed by atoms with E-state index in [0.717, 1.165) is 0 Å². The first-order valence-corrected chi connectivity index (χ1v) is 5.81. The molecule has 1 aromatic carbocycles. The topological polar surface area (TPSA) is 59.3 Å². The van der Waals surface area contributed by atoms with Crippen LogP contribution in [0.25, 0.3) is 0 Å². The van der Waals surface area contributed by atoms with E-state index in [0.29, 0.717) is 5.56 Å². The van der Waals surface area contributed by atoms with Crippen LogP contribution in [0, 0.1) is 11.3 Å². The van der Waals surface area contributed by atoms with E-state index in [9.17, 15) is 13.6 Å². The van der Waals surface area contributed by atoms with Crippen molar-refractivity contribution in [2.24, 2.45) is 0 Å². The highest BCUT2D eigenvalue weighted by Crippen LogP contribution is 2.27. The van der Waals surface area contributed by atoms with E-state index in [2.05, 4.69) is 4.74 Å². The molecule has 102 valence electrons. The van der Waals surface area contributed by atoms with Crippen molar-refractivity contribution < 1.29 is 23.0 Å². The van der Waals surface area contributed by atoms with Gasteiger partial charge in [0, 0.05) is 5.88 Å². The first kappa shape index (κ1) is 15.2. The summed E-state index contributed by atoms with van der Waals surface area (Å²) in [4.78, 5) is 11.7. The summed E-state index contributed by atoms with van der Waals surface area (Å²) in [5.41, 5.74) is -0.0647. The molecule has 4 nitrogen and oxygen atoms in total. The Morgan fingerprint density at radius 3 is 2.68 bits per heavy atom. The molecule has 0 spiro atoms. The Bertz CT molecular complexity index is 514. The van der Waals surface area contributed by atoms with Crippen LogP contribution >= 0.6 is 11.6 Å². The summed E-state index contributed by atoms with van der Waals surface area (Å²) in [5, 5.41) is 8.98. The maximum absolute atomic E-state index is 12.3. The van der Waals surface area contributed by atoms with Crippen LogP contribution < -0.4 is 4.74 Å². The second-order valence-electron chi connectivity index (χ2n) is 3.36. The summed E-state index contributed by atoms with van der Waals surface area (Å²) >= 11 is 5.61. The van der Waals surface area contributed by atoms with Gasteiger partial charge in [0.2, 0.25) is 0 Å². The molecule has 0 fully saturated rings. The highest BCUT2D eigenvalue weighted by molar-refractivity contribution is 6.17. The van der Waals surface area contributed by atoms with E-state index in [4.69, 9.17) is 21.6 Å². The second kappa shape index (κ2) is 6.90. The fourth-order valence-electron chi connectivity index (χ4n) is 1.42. The van der Waals surface area contributed by atoms with Crippen molar-refractivity contribution in [3.8, 4) is 11.8 Å². The minimum atomic E-state index is -3.10. The van der Waals surface area contributed by atoms with Gasteiger partial charge >= 0.3 is 12.6 Å². The quantitative estimate of drug-likeness (QED) is 0.617. The van der Waals surface area contributed by atoms with Gasteiger partial charge in [0.25, 0.3) is 0 Å². The largest absolute Gasteiger partial charge is 0.462 e. The molecule has 0 bridgehead atoms. The molecular weight excluding hydrogens is 280 g/mol. The van der Waals surface area contributed by atoms with Crippen LogP contribution in [-0.4, -0.2) is 19.2 Å². The minimum absolute atomic E-state index is 0.0162. The predicted molar refractivity (Wildman–Crippen MR) is 63.3 cm³/mol. The third-order valence-electron chi connectivity index (χ3n) is 2.14. The summed E-state index contributed by atoms with van der Waals surface area (Å²) < 4.78 is 33.5. The van der Waals surface area contributed by atoms with Gasteiger partial charge in [0.05, 0.1) is 12.2 Å². The summed E-state index contributed by atoms with van der Waals surface area (Å²) in [5.74, 6) is -1.19. The van der Waals surface area contributed by atoms with Gasteiger partial charge in [0.15, 0.2) is 0 Å². The maximum atomic E-state index is 12.3. The Morgan fingerprint density at radius 1 is 1.53 bits per heavy atom. The summed E-state index contributed by atoms with van der Waals surface area (Å²) in [7, 11) is 0.